The van der Waals surface area contributed by atoms with E-state index in [1.165, 1.54) is 4.90 Å². The number of likely N-dealkylation sites (N-methyl/N-ethyl adjacent to an activating group) is 1. The Kier molecular flexibility index (Phi) is 5.42. The molecule has 7 heteroatoms. The van der Waals surface area contributed by atoms with E-state index in [1.54, 1.807) is 4.90 Å². The van der Waals surface area contributed by atoms with Gasteiger partial charge in [0.1, 0.15) is 0 Å². The predicted molar refractivity (Wildman–Crippen MR) is 132 cm³/mol. The van der Waals surface area contributed by atoms with Crippen LogP contribution in [0.2, 0.25) is 0 Å². The van der Waals surface area contributed by atoms with Crippen molar-refractivity contribution in [3.05, 3.63) is 82.4 Å². The normalized spacial score (nSPS) is 13.4. The number of aromatic amines is 1. The molecule has 1 aromatic heterocycles. The molecule has 0 atom stereocenters. The first-order valence-electron chi connectivity index (χ1n) is 11.2. The fourth-order valence-corrected chi connectivity index (χ4v) is 4.81. The summed E-state index contributed by atoms with van der Waals surface area (Å²) in [4.78, 5) is 46.2. The van der Waals surface area contributed by atoms with Gasteiger partial charge in [-0.2, -0.15) is 0 Å². The summed E-state index contributed by atoms with van der Waals surface area (Å²) in [5.74, 6) is -0.774. The first kappa shape index (κ1) is 21.9. The number of nitrogens with zero attached hydrogens (tertiary/aromatic N) is 2. The fraction of sp³-hybridized carbons (Fsp3) is 0.222. The molecule has 1 aliphatic rings. The molecular weight excluding hydrogens is 428 g/mol. The van der Waals surface area contributed by atoms with E-state index in [0.717, 1.165) is 32.9 Å². The maximum atomic E-state index is 13.7. The topological polar surface area (TPSA) is 85.5 Å². The lowest BCUT2D eigenvalue weighted by molar-refractivity contribution is -0.121. The van der Waals surface area contributed by atoms with Crippen LogP contribution in [-0.2, 0) is 17.9 Å². The quantitative estimate of drug-likeness (QED) is 0.436. The van der Waals surface area contributed by atoms with E-state index in [-0.39, 0.29) is 37.4 Å². The van der Waals surface area contributed by atoms with Crippen molar-refractivity contribution >= 4 is 39.5 Å². The smallest absolute Gasteiger partial charge is 0.262 e. The number of aryl methyl sites for hydroxylation is 1. The number of H-pyrrole nitrogens is 1. The summed E-state index contributed by atoms with van der Waals surface area (Å²) in [6.45, 7) is 2.47. The minimum absolute atomic E-state index is 0.148. The van der Waals surface area contributed by atoms with E-state index in [0.29, 0.717) is 16.7 Å². The van der Waals surface area contributed by atoms with Crippen molar-refractivity contribution in [1.82, 2.24) is 20.1 Å². The van der Waals surface area contributed by atoms with Gasteiger partial charge in [-0.05, 0) is 43.8 Å². The number of benzene rings is 3. The van der Waals surface area contributed by atoms with Crippen molar-refractivity contribution in [2.24, 2.45) is 0 Å². The Labute approximate surface area is 197 Å². The van der Waals surface area contributed by atoms with Gasteiger partial charge in [-0.1, -0.05) is 48.5 Å². The molecule has 0 unspecified atom stereocenters. The van der Waals surface area contributed by atoms with Crippen LogP contribution < -0.4 is 5.32 Å². The Morgan fingerprint density at radius 1 is 0.971 bits per heavy atom. The van der Waals surface area contributed by atoms with E-state index in [1.807, 2.05) is 75.6 Å². The fourth-order valence-electron chi connectivity index (χ4n) is 4.81. The Bertz CT molecular complexity index is 1450. The molecule has 1 aliphatic heterocycles. The van der Waals surface area contributed by atoms with Crippen molar-refractivity contribution < 1.29 is 14.4 Å². The third kappa shape index (κ3) is 3.54. The molecule has 0 saturated heterocycles. The van der Waals surface area contributed by atoms with E-state index < -0.39 is 0 Å². The molecule has 0 bridgehead atoms. The first-order valence-corrected chi connectivity index (χ1v) is 11.2. The minimum Gasteiger partial charge on any atom is -0.354 e. The number of imide groups is 1. The molecule has 0 radical (unpaired) electrons. The molecule has 172 valence electrons. The number of carbonyl (C=O) groups is 3. The van der Waals surface area contributed by atoms with Gasteiger partial charge in [-0.25, -0.2) is 0 Å². The third-order valence-electron chi connectivity index (χ3n) is 6.33. The number of para-hydroxylation sites is 1. The largest absolute Gasteiger partial charge is 0.354 e. The molecule has 3 amide bonds. The van der Waals surface area contributed by atoms with Gasteiger partial charge in [0.25, 0.3) is 11.8 Å². The highest BCUT2D eigenvalue weighted by atomic mass is 16.2. The molecule has 34 heavy (non-hydrogen) atoms. The average molecular weight is 455 g/mol. The molecule has 0 aliphatic carbocycles. The Hall–Kier alpha value is -3.97. The van der Waals surface area contributed by atoms with Gasteiger partial charge in [-0.15, -0.1) is 0 Å². The van der Waals surface area contributed by atoms with Crippen LogP contribution in [0.4, 0.5) is 0 Å². The monoisotopic (exact) mass is 454 g/mol. The second-order valence-electron chi connectivity index (χ2n) is 8.97. The van der Waals surface area contributed by atoms with Crippen LogP contribution >= 0.6 is 0 Å². The predicted octanol–water partition coefficient (Wildman–Crippen LogP) is 3.60. The van der Waals surface area contributed by atoms with Crippen molar-refractivity contribution in [2.45, 2.75) is 20.0 Å². The summed E-state index contributed by atoms with van der Waals surface area (Å²) in [5.41, 5.74) is 4.85. The molecule has 5 rings (SSSR count). The zero-order valence-corrected chi connectivity index (χ0v) is 19.4. The number of aromatic nitrogens is 1. The molecule has 4 aromatic rings. The van der Waals surface area contributed by atoms with E-state index >= 15 is 0 Å². The van der Waals surface area contributed by atoms with Crippen LogP contribution in [0.5, 0.6) is 0 Å². The number of fused-ring (bicyclic) bond motifs is 4. The molecular formula is C27H26N4O3. The number of rotatable bonds is 6. The van der Waals surface area contributed by atoms with Gasteiger partial charge in [0.15, 0.2) is 0 Å². The molecule has 2 N–H and O–H groups in total. The number of hydrogen-bond donors (Lipinski definition) is 2. The van der Waals surface area contributed by atoms with Crippen LogP contribution in [0.25, 0.3) is 21.8 Å². The van der Waals surface area contributed by atoms with Crippen LogP contribution in [-0.4, -0.2) is 53.1 Å². The first-order chi connectivity index (χ1) is 16.4. The third-order valence-corrected chi connectivity index (χ3v) is 6.33. The van der Waals surface area contributed by atoms with Gasteiger partial charge >= 0.3 is 0 Å². The van der Waals surface area contributed by atoms with Crippen molar-refractivity contribution in [2.75, 3.05) is 20.6 Å². The van der Waals surface area contributed by atoms with Crippen LogP contribution in [0.3, 0.4) is 0 Å². The summed E-state index contributed by atoms with van der Waals surface area (Å²) in [7, 11) is 3.65. The standard InChI is InChI=1S/C27H26N4O3/c1-16-22-24(27(34)31(26(22)33)14-17-9-5-4-6-10-17)19(13-28-21(32)15-30(2)3)23-18-11-7-8-12-20(18)29-25(16)23/h4-12,29H,13-15H2,1-3H3,(H,28,32). The Morgan fingerprint density at radius 3 is 2.38 bits per heavy atom. The number of nitrogens with one attached hydrogen (secondary N) is 2. The molecule has 0 fully saturated rings. The Balaban J connectivity index is 1.67. The van der Waals surface area contributed by atoms with Crippen molar-refractivity contribution in [3.8, 4) is 0 Å². The van der Waals surface area contributed by atoms with Gasteiger partial charge < -0.3 is 15.2 Å². The molecule has 7 nitrogen and oxygen atoms in total. The molecule has 3 aromatic carbocycles. The van der Waals surface area contributed by atoms with Gasteiger partial charge in [0.05, 0.1) is 29.7 Å². The average Bonchev–Trinajstić information content (AvgIpc) is 3.31. The number of carbonyl (C=O) groups excluding carboxylic acids is 3. The van der Waals surface area contributed by atoms with Gasteiger partial charge in [0, 0.05) is 22.8 Å². The molecule has 2 heterocycles. The van der Waals surface area contributed by atoms with Crippen LogP contribution in [0, 0.1) is 6.92 Å². The summed E-state index contributed by atoms with van der Waals surface area (Å²) >= 11 is 0. The lowest BCUT2D eigenvalue weighted by Gasteiger charge is -2.15. The highest BCUT2D eigenvalue weighted by Crippen LogP contribution is 2.39. The van der Waals surface area contributed by atoms with E-state index in [9.17, 15) is 14.4 Å². The van der Waals surface area contributed by atoms with Crippen molar-refractivity contribution in [1.29, 1.82) is 0 Å². The lowest BCUT2D eigenvalue weighted by Crippen LogP contribution is -2.33. The van der Waals surface area contributed by atoms with Crippen LogP contribution in [0.1, 0.15) is 37.4 Å². The second kappa shape index (κ2) is 8.43. The van der Waals surface area contributed by atoms with Crippen LogP contribution in [0.15, 0.2) is 54.6 Å². The summed E-state index contributed by atoms with van der Waals surface area (Å²) in [6.07, 6.45) is 0. The maximum absolute atomic E-state index is 13.7. The van der Waals surface area contributed by atoms with Gasteiger partial charge in [0.2, 0.25) is 5.91 Å². The van der Waals surface area contributed by atoms with E-state index in [2.05, 4.69) is 10.3 Å². The Morgan fingerprint density at radius 2 is 1.65 bits per heavy atom. The number of hydrogen-bond acceptors (Lipinski definition) is 4. The maximum Gasteiger partial charge on any atom is 0.262 e. The lowest BCUT2D eigenvalue weighted by atomic mass is 9.92. The highest BCUT2D eigenvalue weighted by molar-refractivity contribution is 6.27. The summed E-state index contributed by atoms with van der Waals surface area (Å²) in [5, 5.41) is 4.78. The van der Waals surface area contributed by atoms with E-state index in [4.69, 9.17) is 0 Å². The zero-order chi connectivity index (χ0) is 24.0. The van der Waals surface area contributed by atoms with Crippen molar-refractivity contribution in [3.63, 3.8) is 0 Å². The summed E-state index contributed by atoms with van der Waals surface area (Å²) in [6, 6.07) is 17.3. The highest BCUT2D eigenvalue weighted by Gasteiger charge is 2.40. The minimum atomic E-state index is -0.323. The molecule has 0 saturated carbocycles. The molecule has 0 spiro atoms. The second-order valence-corrected chi connectivity index (χ2v) is 8.97. The summed E-state index contributed by atoms with van der Waals surface area (Å²) < 4.78 is 0. The van der Waals surface area contributed by atoms with Gasteiger partial charge in [-0.3, -0.25) is 19.3 Å². The SMILES string of the molecule is Cc1c2c(c(CNC(=O)CN(C)C)c3c1[nH]c1ccccc13)C(=O)N(Cc1ccccc1)C2=O. The zero-order valence-electron chi connectivity index (χ0n) is 19.4. The number of amides is 3.